The van der Waals surface area contributed by atoms with Gasteiger partial charge in [-0.25, -0.2) is 4.39 Å². The number of imide groups is 1. The minimum Gasteiger partial charge on any atom is -0.288 e. The number of fused-ring (bicyclic) bond motifs is 1. The average molecular weight is 540 g/mol. The minimum absolute atomic E-state index is 0.0988. The van der Waals surface area contributed by atoms with Gasteiger partial charge in [-0.05, 0) is 58.4 Å². The normalized spacial score (nSPS) is 12.9. The predicted molar refractivity (Wildman–Crippen MR) is 125 cm³/mol. The summed E-state index contributed by atoms with van der Waals surface area (Å²) in [6, 6.07) is 16.7. The van der Waals surface area contributed by atoms with Gasteiger partial charge in [-0.1, -0.05) is 35.9 Å². The molecule has 2 amide bonds. The number of nitrogens with zero attached hydrogens (tertiary/aromatic N) is 4. The van der Waals surface area contributed by atoms with Crippen LogP contribution in [0.2, 0.25) is 5.02 Å². The van der Waals surface area contributed by atoms with Gasteiger partial charge in [0.25, 0.3) is 11.8 Å². The number of carbonyl (C=O) groups is 3. The van der Waals surface area contributed by atoms with Gasteiger partial charge in [0.05, 0.1) is 28.9 Å². The topological polar surface area (TPSA) is 85.2 Å². The van der Waals surface area contributed by atoms with Gasteiger partial charge in [-0.2, -0.15) is 0 Å². The molecular formula is C24H13BrClFN4O3. The molecule has 168 valence electrons. The lowest BCUT2D eigenvalue weighted by atomic mass is 10.0. The molecule has 0 saturated heterocycles. The number of hydrogen-bond donors (Lipinski definition) is 0. The third kappa shape index (κ3) is 3.63. The molecule has 4 aromatic rings. The molecule has 0 N–H and O–H groups in total. The third-order valence-electron chi connectivity index (χ3n) is 5.43. The van der Waals surface area contributed by atoms with E-state index < -0.39 is 23.4 Å². The van der Waals surface area contributed by atoms with E-state index in [1.165, 1.54) is 28.8 Å². The van der Waals surface area contributed by atoms with Crippen LogP contribution in [0.1, 0.15) is 42.5 Å². The van der Waals surface area contributed by atoms with Crippen molar-refractivity contribution >= 4 is 45.1 Å². The zero-order valence-corrected chi connectivity index (χ0v) is 19.5. The first-order valence-corrected chi connectivity index (χ1v) is 11.2. The van der Waals surface area contributed by atoms with Crippen LogP contribution in [-0.2, 0) is 6.54 Å². The monoisotopic (exact) mass is 538 g/mol. The molecule has 0 unspecified atom stereocenters. The fraction of sp³-hybridized carbons (Fsp3) is 0.0417. The van der Waals surface area contributed by atoms with Gasteiger partial charge < -0.3 is 0 Å². The standard InChI is InChI=1S/C24H13BrClFN4O3/c25-24-29-28-20(12-30-22(33)14-5-1-2-6-15(14)23(30)34)31(24)19-10-9-13(26)11-17(19)21(32)16-7-3-4-8-18(16)27/h1-11H,12H2. The maximum absolute atomic E-state index is 14.4. The van der Waals surface area contributed by atoms with E-state index in [1.807, 2.05) is 0 Å². The molecule has 0 bridgehead atoms. The van der Waals surface area contributed by atoms with Crippen molar-refractivity contribution in [1.82, 2.24) is 19.7 Å². The number of benzene rings is 3. The van der Waals surface area contributed by atoms with Crippen molar-refractivity contribution in [3.05, 3.63) is 110 Å². The molecule has 0 aliphatic carbocycles. The van der Waals surface area contributed by atoms with E-state index >= 15 is 0 Å². The van der Waals surface area contributed by atoms with Crippen molar-refractivity contribution in [3.63, 3.8) is 0 Å². The fourth-order valence-electron chi connectivity index (χ4n) is 3.84. The number of rotatable bonds is 5. The Morgan fingerprint density at radius 3 is 2.24 bits per heavy atom. The Hall–Kier alpha value is -3.69. The van der Waals surface area contributed by atoms with E-state index in [-0.39, 0.29) is 33.3 Å². The lowest BCUT2D eigenvalue weighted by molar-refractivity contribution is 0.0637. The molecule has 0 radical (unpaired) electrons. The Labute approximate surface area is 205 Å². The Morgan fingerprint density at radius 1 is 0.912 bits per heavy atom. The molecule has 3 aromatic carbocycles. The van der Waals surface area contributed by atoms with Crippen LogP contribution in [0.15, 0.2) is 71.5 Å². The highest BCUT2D eigenvalue weighted by molar-refractivity contribution is 9.10. The van der Waals surface area contributed by atoms with Crippen LogP contribution in [0.4, 0.5) is 4.39 Å². The van der Waals surface area contributed by atoms with Crippen molar-refractivity contribution in [2.24, 2.45) is 0 Å². The van der Waals surface area contributed by atoms with Crippen molar-refractivity contribution in [1.29, 1.82) is 0 Å². The summed E-state index contributed by atoms with van der Waals surface area (Å²) >= 11 is 9.48. The van der Waals surface area contributed by atoms with Crippen molar-refractivity contribution in [2.45, 2.75) is 6.54 Å². The maximum atomic E-state index is 14.4. The lowest BCUT2D eigenvalue weighted by Gasteiger charge is -2.17. The minimum atomic E-state index is -0.674. The van der Waals surface area contributed by atoms with Crippen molar-refractivity contribution in [3.8, 4) is 5.69 Å². The number of ketones is 1. The first-order valence-electron chi connectivity index (χ1n) is 10.0. The Kier molecular flexibility index (Phi) is 5.59. The highest BCUT2D eigenvalue weighted by Crippen LogP contribution is 2.29. The fourth-order valence-corrected chi connectivity index (χ4v) is 4.48. The summed E-state index contributed by atoms with van der Waals surface area (Å²) in [5.74, 6) is -1.96. The highest BCUT2D eigenvalue weighted by Gasteiger charge is 2.36. The van der Waals surface area contributed by atoms with Gasteiger partial charge >= 0.3 is 0 Å². The van der Waals surface area contributed by atoms with Crippen LogP contribution in [-0.4, -0.2) is 37.3 Å². The first-order chi connectivity index (χ1) is 16.4. The maximum Gasteiger partial charge on any atom is 0.261 e. The largest absolute Gasteiger partial charge is 0.288 e. The second kappa shape index (κ2) is 8.58. The Morgan fingerprint density at radius 2 is 1.56 bits per heavy atom. The Bertz CT molecular complexity index is 1470. The van der Waals surface area contributed by atoms with Gasteiger partial charge in [0.2, 0.25) is 4.73 Å². The number of amides is 2. The molecule has 10 heteroatoms. The van der Waals surface area contributed by atoms with E-state index in [0.29, 0.717) is 16.8 Å². The zero-order valence-electron chi connectivity index (χ0n) is 17.2. The van der Waals surface area contributed by atoms with Crippen molar-refractivity contribution in [2.75, 3.05) is 0 Å². The molecule has 1 aromatic heterocycles. The van der Waals surface area contributed by atoms with Crippen molar-refractivity contribution < 1.29 is 18.8 Å². The summed E-state index contributed by atoms with van der Waals surface area (Å²) in [7, 11) is 0. The average Bonchev–Trinajstić information content (AvgIpc) is 3.31. The third-order valence-corrected chi connectivity index (χ3v) is 6.18. The molecule has 0 atom stereocenters. The summed E-state index contributed by atoms with van der Waals surface area (Å²) in [6.07, 6.45) is 0. The molecule has 1 aliphatic heterocycles. The van der Waals surface area contributed by atoms with Crippen LogP contribution < -0.4 is 0 Å². The lowest BCUT2D eigenvalue weighted by Crippen LogP contribution is -2.30. The zero-order chi connectivity index (χ0) is 24.0. The van der Waals surface area contributed by atoms with E-state index in [2.05, 4.69) is 26.1 Å². The van der Waals surface area contributed by atoms with Crippen LogP contribution in [0.3, 0.4) is 0 Å². The molecular weight excluding hydrogens is 527 g/mol. The van der Waals surface area contributed by atoms with Gasteiger partial charge in [0.1, 0.15) is 5.82 Å². The van der Waals surface area contributed by atoms with Gasteiger partial charge in [-0.15, -0.1) is 10.2 Å². The summed E-state index contributed by atoms with van der Waals surface area (Å²) in [5.41, 5.74) is 0.888. The van der Waals surface area contributed by atoms with E-state index in [4.69, 9.17) is 11.6 Å². The van der Waals surface area contributed by atoms with E-state index in [0.717, 1.165) is 4.90 Å². The quantitative estimate of drug-likeness (QED) is 0.267. The second-order valence-electron chi connectivity index (χ2n) is 7.43. The molecule has 5 rings (SSSR count). The highest BCUT2D eigenvalue weighted by atomic mass is 79.9. The van der Waals surface area contributed by atoms with Gasteiger partial charge in [0.15, 0.2) is 11.6 Å². The van der Waals surface area contributed by atoms with Crippen LogP contribution in [0.25, 0.3) is 5.69 Å². The summed E-state index contributed by atoms with van der Waals surface area (Å²) in [4.78, 5) is 40.0. The van der Waals surface area contributed by atoms with Gasteiger partial charge in [0, 0.05) is 10.6 Å². The second-order valence-corrected chi connectivity index (χ2v) is 8.58. The molecule has 0 fully saturated rings. The summed E-state index contributed by atoms with van der Waals surface area (Å²) in [5, 5.41) is 8.38. The van der Waals surface area contributed by atoms with Crippen LogP contribution in [0.5, 0.6) is 0 Å². The predicted octanol–water partition coefficient (Wildman–Crippen LogP) is 4.85. The van der Waals surface area contributed by atoms with E-state index in [9.17, 15) is 18.8 Å². The molecule has 0 saturated carbocycles. The molecule has 0 spiro atoms. The summed E-state index contributed by atoms with van der Waals surface area (Å²) < 4.78 is 16.1. The van der Waals surface area contributed by atoms with Crippen LogP contribution >= 0.6 is 27.5 Å². The first kappa shape index (κ1) is 22.1. The molecule has 7 nitrogen and oxygen atoms in total. The number of halogens is 3. The molecule has 34 heavy (non-hydrogen) atoms. The van der Waals surface area contributed by atoms with E-state index in [1.54, 1.807) is 42.5 Å². The molecule has 2 heterocycles. The molecule has 1 aliphatic rings. The SMILES string of the molecule is O=C(c1ccccc1F)c1cc(Cl)ccc1-n1c(Br)nnc1CN1C(=O)c2ccccc2C1=O. The number of aromatic nitrogens is 3. The number of hydrogen-bond acceptors (Lipinski definition) is 5. The summed E-state index contributed by atoms with van der Waals surface area (Å²) in [6.45, 7) is -0.194. The van der Waals surface area contributed by atoms with Crippen LogP contribution in [0, 0.1) is 5.82 Å². The van der Waals surface area contributed by atoms with Gasteiger partial charge in [-0.3, -0.25) is 23.9 Å². The Balaban J connectivity index is 1.58. The number of carbonyl (C=O) groups excluding carboxylic acids is 3. The smallest absolute Gasteiger partial charge is 0.261 e.